The number of hydrogen-bond donors (Lipinski definition) is 1. The molecule has 0 saturated heterocycles. The van der Waals surface area contributed by atoms with Crippen molar-refractivity contribution in [1.29, 1.82) is 0 Å². The van der Waals surface area contributed by atoms with Gasteiger partial charge < -0.3 is 5.11 Å². The average Bonchev–Trinajstić information content (AvgIpc) is 3.45. The van der Waals surface area contributed by atoms with E-state index in [-0.39, 0.29) is 33.9 Å². The number of aryl methyl sites for hydroxylation is 1. The molecule has 1 aromatic carbocycles. The van der Waals surface area contributed by atoms with Crippen molar-refractivity contribution in [3.63, 3.8) is 0 Å². The number of phenolic OH excluding ortho intramolecular Hbond substituents is 1. The largest absolute Gasteiger partial charge is 0.507 e. The highest BCUT2D eigenvalue weighted by Gasteiger charge is 2.35. The maximum absolute atomic E-state index is 13.8. The summed E-state index contributed by atoms with van der Waals surface area (Å²) in [7, 11) is 0. The number of thiophene rings is 1. The summed E-state index contributed by atoms with van der Waals surface area (Å²) in [4.78, 5) is 55.4. The average molecular weight is 528 g/mol. The van der Waals surface area contributed by atoms with E-state index in [9.17, 15) is 28.7 Å². The van der Waals surface area contributed by atoms with Gasteiger partial charge in [0.05, 0.1) is 29.9 Å². The Kier molecular flexibility index (Phi) is 6.72. The van der Waals surface area contributed by atoms with Crippen molar-refractivity contribution >= 4 is 33.1 Å². The number of ketones is 2. The molecule has 12 heteroatoms. The Bertz CT molecular complexity index is 1650. The van der Waals surface area contributed by atoms with E-state index in [2.05, 4.69) is 10.2 Å². The van der Waals surface area contributed by atoms with E-state index in [1.165, 1.54) is 31.0 Å². The van der Waals surface area contributed by atoms with Gasteiger partial charge in [-0.3, -0.25) is 19.0 Å². The van der Waals surface area contributed by atoms with Crippen LogP contribution in [-0.4, -0.2) is 40.8 Å². The number of carbonyl (C=O) groups excluding carboxylic acids is 2. The summed E-state index contributed by atoms with van der Waals surface area (Å²) < 4.78 is 15.8. The molecule has 0 spiro atoms. The molecule has 0 aliphatic rings. The molecule has 0 bridgehead atoms. The fourth-order valence-electron chi connectivity index (χ4n) is 4.18. The molecule has 4 aromatic rings. The van der Waals surface area contributed by atoms with Gasteiger partial charge in [0.1, 0.15) is 26.9 Å². The number of aromatic nitrogens is 5. The highest BCUT2D eigenvalue weighted by Crippen LogP contribution is 2.31. The van der Waals surface area contributed by atoms with E-state index < -0.39 is 40.7 Å². The van der Waals surface area contributed by atoms with Crippen molar-refractivity contribution in [2.24, 2.45) is 5.92 Å². The third kappa shape index (κ3) is 4.52. The smallest absolute Gasteiger partial charge is 0.333 e. The summed E-state index contributed by atoms with van der Waals surface area (Å²) in [5.74, 6) is -2.25. The summed E-state index contributed by atoms with van der Waals surface area (Å²) in [6.45, 7) is 7.76. The summed E-state index contributed by atoms with van der Waals surface area (Å²) in [5, 5.41) is 18.9. The molecule has 10 nitrogen and oxygen atoms in total. The highest BCUT2D eigenvalue weighted by atomic mass is 32.1. The number of Topliss-reactive ketones (excluding diaryl/α,β-unsaturated/α-hetero) is 2. The fourth-order valence-corrected chi connectivity index (χ4v) is 5.39. The number of aromatic hydroxyl groups is 1. The molecule has 0 radical (unpaired) electrons. The minimum Gasteiger partial charge on any atom is -0.507 e. The number of carbonyl (C=O) groups is 2. The van der Waals surface area contributed by atoms with Gasteiger partial charge in [0.25, 0.3) is 5.56 Å². The van der Waals surface area contributed by atoms with Gasteiger partial charge in [-0.2, -0.15) is 10.2 Å². The van der Waals surface area contributed by atoms with Gasteiger partial charge in [-0.25, -0.2) is 13.8 Å². The first-order chi connectivity index (χ1) is 17.3. The summed E-state index contributed by atoms with van der Waals surface area (Å²) in [6.07, 6.45) is 3.05. The molecule has 0 atom stereocenters. The number of phenols is 1. The van der Waals surface area contributed by atoms with E-state index >= 15 is 0 Å². The minimum absolute atomic E-state index is 0.00802. The van der Waals surface area contributed by atoms with Gasteiger partial charge in [-0.05, 0) is 44.9 Å². The van der Waals surface area contributed by atoms with Crippen LogP contribution >= 0.6 is 11.3 Å². The van der Waals surface area contributed by atoms with Crippen LogP contribution in [0.2, 0.25) is 0 Å². The lowest BCUT2D eigenvalue weighted by Gasteiger charge is -2.27. The molecular weight excluding hydrogens is 501 g/mol. The van der Waals surface area contributed by atoms with E-state index in [4.69, 9.17) is 0 Å². The van der Waals surface area contributed by atoms with Gasteiger partial charge in [0.15, 0.2) is 11.6 Å². The first kappa shape index (κ1) is 26.1. The zero-order chi connectivity index (χ0) is 27.2. The lowest BCUT2D eigenvalue weighted by Crippen LogP contribution is -2.53. The van der Waals surface area contributed by atoms with Crippen molar-refractivity contribution in [2.75, 3.05) is 0 Å². The first-order valence-corrected chi connectivity index (χ1v) is 12.4. The Morgan fingerprint density at radius 1 is 1.16 bits per heavy atom. The van der Waals surface area contributed by atoms with Crippen LogP contribution in [0.15, 0.2) is 40.2 Å². The van der Waals surface area contributed by atoms with Crippen LogP contribution in [0.25, 0.3) is 15.2 Å². The maximum atomic E-state index is 13.8. The Morgan fingerprint density at radius 3 is 2.43 bits per heavy atom. The van der Waals surface area contributed by atoms with Crippen molar-refractivity contribution in [3.8, 4) is 10.8 Å². The van der Waals surface area contributed by atoms with Crippen molar-refractivity contribution in [1.82, 2.24) is 24.1 Å². The normalized spacial score (nSPS) is 12.0. The third-order valence-electron chi connectivity index (χ3n) is 6.18. The van der Waals surface area contributed by atoms with Crippen LogP contribution in [0, 0.1) is 18.7 Å². The van der Waals surface area contributed by atoms with Crippen LogP contribution < -0.4 is 11.2 Å². The number of nitrogens with zero attached hydrogens (tertiary/aromatic N) is 5. The maximum Gasteiger partial charge on any atom is 0.333 e. The van der Waals surface area contributed by atoms with Crippen molar-refractivity contribution < 1.29 is 19.1 Å². The minimum atomic E-state index is -1.52. The van der Waals surface area contributed by atoms with E-state index in [1.54, 1.807) is 6.92 Å². The van der Waals surface area contributed by atoms with E-state index in [0.717, 1.165) is 38.7 Å². The van der Waals surface area contributed by atoms with Gasteiger partial charge in [-0.1, -0.05) is 25.2 Å². The molecule has 0 aliphatic carbocycles. The summed E-state index contributed by atoms with van der Waals surface area (Å²) in [6, 6.07) is 2.93. The van der Waals surface area contributed by atoms with E-state index in [0.29, 0.717) is 10.6 Å². The van der Waals surface area contributed by atoms with Crippen LogP contribution in [0.3, 0.4) is 0 Å². The quantitative estimate of drug-likeness (QED) is 0.349. The third-order valence-corrected chi connectivity index (χ3v) is 7.46. The zero-order valence-corrected chi connectivity index (χ0v) is 21.8. The van der Waals surface area contributed by atoms with Crippen molar-refractivity contribution in [2.45, 2.75) is 53.1 Å². The second-order valence-electron chi connectivity index (χ2n) is 9.70. The molecular formula is C25H26FN5O5S. The first-order valence-electron chi connectivity index (χ1n) is 11.6. The lowest BCUT2D eigenvalue weighted by molar-refractivity contribution is -0.127. The molecule has 4 rings (SSSR count). The Morgan fingerprint density at radius 2 is 1.81 bits per heavy atom. The standard InChI is InChI=1S/C25H26FN5O5S/c1-13(2)10-19(34)25(4,5)30-21(35)20-14(3)22(31-27-8-9-28-31)37-23(20)29(24(30)36)12-18(33)16-11-15(26)6-7-17(16)32/h6-9,11,13,32H,10,12H2,1-5H3. The molecule has 0 unspecified atom stereocenters. The van der Waals surface area contributed by atoms with E-state index in [1.807, 2.05) is 13.8 Å². The second kappa shape index (κ2) is 9.51. The molecule has 0 aliphatic heterocycles. The molecule has 1 N–H and O–H groups in total. The second-order valence-corrected chi connectivity index (χ2v) is 10.7. The van der Waals surface area contributed by atoms with Crippen molar-refractivity contribution in [3.05, 3.63) is 68.4 Å². The van der Waals surface area contributed by atoms with Gasteiger partial charge in [0, 0.05) is 12.0 Å². The number of benzene rings is 1. The Balaban J connectivity index is 2.02. The SMILES string of the molecule is Cc1c(-n2nccn2)sc2c1c(=O)n(C(C)(C)C(=O)CC(C)C)c(=O)n2CC(=O)c1cc(F)ccc1O. The van der Waals surface area contributed by atoms with Gasteiger partial charge in [0.2, 0.25) is 0 Å². The molecule has 0 fully saturated rings. The molecule has 3 aromatic heterocycles. The molecule has 37 heavy (non-hydrogen) atoms. The van der Waals surface area contributed by atoms with Crippen LogP contribution in [-0.2, 0) is 16.9 Å². The Hall–Kier alpha value is -3.93. The zero-order valence-electron chi connectivity index (χ0n) is 21.0. The Labute approximate surface area is 214 Å². The lowest BCUT2D eigenvalue weighted by atomic mass is 9.91. The summed E-state index contributed by atoms with van der Waals surface area (Å²) >= 11 is 1.03. The topological polar surface area (TPSA) is 129 Å². The van der Waals surface area contributed by atoms with Crippen LogP contribution in [0.4, 0.5) is 4.39 Å². The van der Waals surface area contributed by atoms with Crippen LogP contribution in [0.1, 0.15) is 50.0 Å². The summed E-state index contributed by atoms with van der Waals surface area (Å²) in [5.41, 5.74) is -2.90. The molecule has 3 heterocycles. The molecule has 194 valence electrons. The van der Waals surface area contributed by atoms with Crippen LogP contribution in [0.5, 0.6) is 5.75 Å². The predicted octanol–water partition coefficient (Wildman–Crippen LogP) is 3.19. The highest BCUT2D eigenvalue weighted by molar-refractivity contribution is 7.21. The monoisotopic (exact) mass is 527 g/mol. The molecule has 0 amide bonds. The number of halogens is 1. The number of rotatable bonds is 8. The molecule has 0 saturated carbocycles. The predicted molar refractivity (Wildman–Crippen MR) is 136 cm³/mol. The number of hydrogen-bond acceptors (Lipinski definition) is 8. The fraction of sp³-hybridized carbons (Fsp3) is 0.360. The number of fused-ring (bicyclic) bond motifs is 1. The van der Waals surface area contributed by atoms with Gasteiger partial charge >= 0.3 is 5.69 Å². The van der Waals surface area contributed by atoms with Gasteiger partial charge in [-0.15, -0.1) is 4.80 Å².